The molecule has 0 bridgehead atoms. The summed E-state index contributed by atoms with van der Waals surface area (Å²) in [5.41, 5.74) is 0. The van der Waals surface area contributed by atoms with E-state index in [1.807, 2.05) is 0 Å². The summed E-state index contributed by atoms with van der Waals surface area (Å²) >= 11 is 0. The number of aliphatic hydroxyl groups is 1. The average Bonchev–Trinajstić information content (AvgIpc) is 3.07. The molecule has 2 aliphatic carbocycles. The zero-order valence-corrected chi connectivity index (χ0v) is 13.3. The monoisotopic (exact) mass is 296 g/mol. The van der Waals surface area contributed by atoms with Crippen molar-refractivity contribution < 1.29 is 14.6 Å². The first-order chi connectivity index (χ1) is 10.3. The van der Waals surface area contributed by atoms with E-state index in [4.69, 9.17) is 9.47 Å². The van der Waals surface area contributed by atoms with Crippen LogP contribution in [0, 0.1) is 23.7 Å². The van der Waals surface area contributed by atoms with E-state index in [0.717, 1.165) is 37.4 Å². The maximum absolute atomic E-state index is 9.25. The van der Waals surface area contributed by atoms with Gasteiger partial charge in [0.15, 0.2) is 6.29 Å². The summed E-state index contributed by atoms with van der Waals surface area (Å²) in [7, 11) is 0. The van der Waals surface area contributed by atoms with Crippen LogP contribution in [0.25, 0.3) is 0 Å². The lowest BCUT2D eigenvalue weighted by molar-refractivity contribution is -0.0514. The number of hydrogen-bond donors (Lipinski definition) is 1. The third kappa shape index (κ3) is 4.43. The number of hydrogen-bond acceptors (Lipinski definition) is 3. The van der Waals surface area contributed by atoms with Gasteiger partial charge in [0, 0.05) is 6.61 Å². The van der Waals surface area contributed by atoms with Gasteiger partial charge in [-0.25, -0.2) is 0 Å². The highest BCUT2D eigenvalue weighted by atomic mass is 16.7. The van der Waals surface area contributed by atoms with Crippen molar-refractivity contribution in [2.45, 2.75) is 70.5 Å². The summed E-state index contributed by atoms with van der Waals surface area (Å²) < 4.78 is 11.1. The SMILES string of the molecule is OCC1CCC([C@H]2CC[C@H](CCC3OCCO3)CC2)CC1. The summed E-state index contributed by atoms with van der Waals surface area (Å²) in [4.78, 5) is 0. The minimum Gasteiger partial charge on any atom is -0.396 e. The van der Waals surface area contributed by atoms with Crippen molar-refractivity contribution in [2.75, 3.05) is 19.8 Å². The van der Waals surface area contributed by atoms with Gasteiger partial charge in [-0.3, -0.25) is 0 Å². The quantitative estimate of drug-likeness (QED) is 0.840. The van der Waals surface area contributed by atoms with Gasteiger partial charge < -0.3 is 14.6 Å². The minimum absolute atomic E-state index is 0.0940. The Balaban J connectivity index is 1.33. The van der Waals surface area contributed by atoms with Crippen molar-refractivity contribution in [1.82, 2.24) is 0 Å². The van der Waals surface area contributed by atoms with Crippen molar-refractivity contribution in [1.29, 1.82) is 0 Å². The normalized spacial score (nSPS) is 38.7. The van der Waals surface area contributed by atoms with E-state index < -0.39 is 0 Å². The Hall–Kier alpha value is -0.120. The summed E-state index contributed by atoms with van der Waals surface area (Å²) in [6.45, 7) is 1.98. The molecule has 0 radical (unpaired) electrons. The van der Waals surface area contributed by atoms with Crippen LogP contribution in [0.2, 0.25) is 0 Å². The molecule has 0 aromatic rings. The molecule has 0 spiro atoms. The first kappa shape index (κ1) is 15.8. The van der Waals surface area contributed by atoms with E-state index in [1.54, 1.807) is 0 Å². The zero-order chi connectivity index (χ0) is 14.5. The van der Waals surface area contributed by atoms with Crippen LogP contribution in [-0.4, -0.2) is 31.2 Å². The van der Waals surface area contributed by atoms with Crippen LogP contribution in [0.5, 0.6) is 0 Å². The Labute approximate surface area is 129 Å². The maximum atomic E-state index is 9.25. The molecule has 3 nitrogen and oxygen atoms in total. The van der Waals surface area contributed by atoms with Crippen LogP contribution >= 0.6 is 0 Å². The van der Waals surface area contributed by atoms with Gasteiger partial charge in [0.2, 0.25) is 0 Å². The molecule has 1 saturated heterocycles. The van der Waals surface area contributed by atoms with Crippen molar-refractivity contribution >= 4 is 0 Å². The molecular weight excluding hydrogens is 264 g/mol. The molecule has 3 heteroatoms. The Morgan fingerprint density at radius 3 is 1.71 bits per heavy atom. The second-order valence-electron chi connectivity index (χ2n) is 7.49. The fraction of sp³-hybridized carbons (Fsp3) is 1.00. The highest BCUT2D eigenvalue weighted by Crippen LogP contribution is 2.42. The summed E-state index contributed by atoms with van der Waals surface area (Å²) in [5, 5.41) is 9.25. The molecule has 3 fully saturated rings. The van der Waals surface area contributed by atoms with Crippen molar-refractivity contribution in [2.24, 2.45) is 23.7 Å². The average molecular weight is 296 g/mol. The number of ether oxygens (including phenoxy) is 2. The molecule has 0 atom stereocenters. The molecule has 3 aliphatic rings. The summed E-state index contributed by atoms with van der Waals surface area (Å²) in [6, 6.07) is 0. The van der Waals surface area contributed by atoms with Crippen LogP contribution in [-0.2, 0) is 9.47 Å². The maximum Gasteiger partial charge on any atom is 0.157 e. The van der Waals surface area contributed by atoms with Gasteiger partial charge in [-0.1, -0.05) is 12.8 Å². The number of aliphatic hydroxyl groups excluding tert-OH is 1. The molecule has 0 unspecified atom stereocenters. The molecule has 1 N–H and O–H groups in total. The van der Waals surface area contributed by atoms with Gasteiger partial charge in [-0.05, 0) is 75.0 Å². The summed E-state index contributed by atoms with van der Waals surface area (Å²) in [6.07, 6.45) is 13.4. The molecular formula is C18H32O3. The fourth-order valence-electron chi connectivity index (χ4n) is 4.74. The topological polar surface area (TPSA) is 38.7 Å². The Morgan fingerprint density at radius 1 is 0.667 bits per heavy atom. The van der Waals surface area contributed by atoms with Crippen LogP contribution < -0.4 is 0 Å². The largest absolute Gasteiger partial charge is 0.396 e. The third-order valence-electron chi connectivity index (χ3n) is 6.21. The molecule has 0 aromatic heterocycles. The second-order valence-corrected chi connectivity index (χ2v) is 7.49. The van der Waals surface area contributed by atoms with Gasteiger partial charge >= 0.3 is 0 Å². The molecule has 1 heterocycles. The lowest BCUT2D eigenvalue weighted by Crippen LogP contribution is -2.27. The first-order valence-electron chi connectivity index (χ1n) is 9.19. The molecule has 122 valence electrons. The van der Waals surface area contributed by atoms with E-state index in [9.17, 15) is 5.11 Å². The summed E-state index contributed by atoms with van der Waals surface area (Å²) in [5.74, 6) is 3.43. The van der Waals surface area contributed by atoms with Gasteiger partial charge in [-0.15, -0.1) is 0 Å². The molecule has 1 aliphatic heterocycles. The highest BCUT2D eigenvalue weighted by molar-refractivity contribution is 4.82. The second kappa shape index (κ2) is 7.94. The van der Waals surface area contributed by atoms with E-state index in [0.29, 0.717) is 12.5 Å². The van der Waals surface area contributed by atoms with E-state index in [1.165, 1.54) is 57.8 Å². The zero-order valence-electron chi connectivity index (χ0n) is 13.3. The van der Waals surface area contributed by atoms with E-state index >= 15 is 0 Å². The first-order valence-corrected chi connectivity index (χ1v) is 9.19. The minimum atomic E-state index is 0.0940. The molecule has 2 saturated carbocycles. The predicted octanol–water partition coefficient (Wildman–Crippen LogP) is 3.74. The van der Waals surface area contributed by atoms with Gasteiger partial charge in [0.25, 0.3) is 0 Å². The Bertz CT molecular complexity index is 285. The van der Waals surface area contributed by atoms with Crippen molar-refractivity contribution in [3.05, 3.63) is 0 Å². The molecule has 21 heavy (non-hydrogen) atoms. The third-order valence-corrected chi connectivity index (χ3v) is 6.21. The molecule has 0 aromatic carbocycles. The predicted molar refractivity (Wildman–Crippen MR) is 82.9 cm³/mol. The van der Waals surface area contributed by atoms with Gasteiger partial charge in [0.05, 0.1) is 13.2 Å². The Kier molecular flexibility index (Phi) is 5.96. The Morgan fingerprint density at radius 2 is 1.19 bits per heavy atom. The lowest BCUT2D eigenvalue weighted by atomic mass is 9.69. The fourth-order valence-corrected chi connectivity index (χ4v) is 4.74. The number of rotatable bonds is 5. The van der Waals surface area contributed by atoms with E-state index in [-0.39, 0.29) is 6.29 Å². The van der Waals surface area contributed by atoms with Crippen molar-refractivity contribution in [3.8, 4) is 0 Å². The van der Waals surface area contributed by atoms with Crippen molar-refractivity contribution in [3.63, 3.8) is 0 Å². The highest BCUT2D eigenvalue weighted by Gasteiger charge is 2.31. The van der Waals surface area contributed by atoms with E-state index in [2.05, 4.69) is 0 Å². The smallest absolute Gasteiger partial charge is 0.157 e. The molecule has 3 rings (SSSR count). The van der Waals surface area contributed by atoms with Crippen LogP contribution in [0.3, 0.4) is 0 Å². The van der Waals surface area contributed by atoms with Crippen LogP contribution in [0.15, 0.2) is 0 Å². The van der Waals surface area contributed by atoms with Crippen LogP contribution in [0.1, 0.15) is 64.2 Å². The lowest BCUT2D eigenvalue weighted by Gasteiger charge is -2.37. The van der Waals surface area contributed by atoms with Gasteiger partial charge in [-0.2, -0.15) is 0 Å². The molecule has 0 amide bonds. The van der Waals surface area contributed by atoms with Crippen LogP contribution in [0.4, 0.5) is 0 Å². The standard InChI is InChI=1S/C18H32O3/c19-13-15-3-8-17(9-4-15)16-6-1-14(2-7-16)5-10-18-20-11-12-21-18/h14-19H,1-13H2/t14-,15?,16-,17?. The van der Waals surface area contributed by atoms with Gasteiger partial charge in [0.1, 0.15) is 0 Å².